The number of carboxylic acid groups (broad SMARTS) is 1. The van der Waals surface area contributed by atoms with Gasteiger partial charge in [0.15, 0.2) is 0 Å². The number of hydrogen-bond donors (Lipinski definition) is 1. The minimum absolute atomic E-state index is 0.324. The number of rotatable bonds is 6. The summed E-state index contributed by atoms with van der Waals surface area (Å²) in [7, 11) is 0. The van der Waals surface area contributed by atoms with E-state index in [2.05, 4.69) is 0 Å². The van der Waals surface area contributed by atoms with Crippen LogP contribution in [-0.2, 0) is 11.3 Å². The van der Waals surface area contributed by atoms with E-state index in [1.807, 2.05) is 59.5 Å². The fourth-order valence-corrected chi connectivity index (χ4v) is 3.81. The Balaban J connectivity index is 1.33. The SMILES string of the molecule is O=C(O)C1CN(Cc2ccc(-c3cc4cc(Oc5ccccc5)ccc4o3)c(F)c2)C1. The summed E-state index contributed by atoms with van der Waals surface area (Å²) < 4.78 is 26.5. The van der Waals surface area contributed by atoms with Crippen molar-refractivity contribution in [3.05, 3.63) is 84.2 Å². The Morgan fingerprint density at radius 1 is 1.03 bits per heavy atom. The molecular weight excluding hydrogens is 397 g/mol. The molecule has 1 fully saturated rings. The Morgan fingerprint density at radius 2 is 1.84 bits per heavy atom. The van der Waals surface area contributed by atoms with Gasteiger partial charge in [0, 0.05) is 25.0 Å². The number of ether oxygens (including phenoxy) is 1. The third-order valence-corrected chi connectivity index (χ3v) is 5.48. The Morgan fingerprint density at radius 3 is 2.58 bits per heavy atom. The number of carboxylic acids is 1. The van der Waals surface area contributed by atoms with Crippen LogP contribution in [0.1, 0.15) is 5.56 Å². The number of likely N-dealkylation sites (tertiary alicyclic amines) is 1. The van der Waals surface area contributed by atoms with Crippen LogP contribution in [0.15, 0.2) is 77.2 Å². The van der Waals surface area contributed by atoms with Crippen LogP contribution in [0.4, 0.5) is 4.39 Å². The van der Waals surface area contributed by atoms with Crippen LogP contribution in [0.25, 0.3) is 22.3 Å². The van der Waals surface area contributed by atoms with Crippen LogP contribution in [0, 0.1) is 11.7 Å². The summed E-state index contributed by atoms with van der Waals surface area (Å²) in [6, 6.07) is 21.8. The van der Waals surface area contributed by atoms with Gasteiger partial charge in [0.1, 0.15) is 28.7 Å². The van der Waals surface area contributed by atoms with E-state index < -0.39 is 5.97 Å². The summed E-state index contributed by atoms with van der Waals surface area (Å²) in [6.07, 6.45) is 0. The molecule has 1 N–H and O–H groups in total. The van der Waals surface area contributed by atoms with Crippen molar-refractivity contribution in [3.8, 4) is 22.8 Å². The normalized spacial score (nSPS) is 14.5. The molecule has 5 rings (SSSR count). The first-order chi connectivity index (χ1) is 15.0. The molecule has 1 aliphatic heterocycles. The summed E-state index contributed by atoms with van der Waals surface area (Å²) in [5.41, 5.74) is 1.84. The highest BCUT2D eigenvalue weighted by Gasteiger charge is 2.32. The highest BCUT2D eigenvalue weighted by Crippen LogP contribution is 2.33. The molecule has 2 heterocycles. The Labute approximate surface area is 178 Å². The standard InChI is InChI=1S/C25H20FNO4/c26-22-10-16(13-27-14-18(15-27)25(28)29)6-8-21(22)24-12-17-11-20(7-9-23(17)31-24)30-19-4-2-1-3-5-19/h1-12,18H,13-15H2,(H,28,29). The second-order valence-corrected chi connectivity index (χ2v) is 7.77. The van der Waals surface area contributed by atoms with Crippen LogP contribution >= 0.6 is 0 Å². The summed E-state index contributed by atoms with van der Waals surface area (Å²) in [5.74, 6) is 0.397. The molecule has 6 heteroatoms. The van der Waals surface area contributed by atoms with Gasteiger partial charge in [-0.3, -0.25) is 9.69 Å². The number of furan rings is 1. The minimum atomic E-state index is -0.778. The maximum absolute atomic E-state index is 14.8. The number of aliphatic carboxylic acids is 1. The molecule has 1 aromatic heterocycles. The first-order valence-electron chi connectivity index (χ1n) is 10.1. The van der Waals surface area contributed by atoms with E-state index in [-0.39, 0.29) is 11.7 Å². The second kappa shape index (κ2) is 7.89. The van der Waals surface area contributed by atoms with E-state index in [9.17, 15) is 9.18 Å². The second-order valence-electron chi connectivity index (χ2n) is 7.77. The van der Waals surface area contributed by atoms with E-state index in [1.54, 1.807) is 12.1 Å². The molecule has 31 heavy (non-hydrogen) atoms. The fraction of sp³-hybridized carbons (Fsp3) is 0.160. The number of hydrogen-bond acceptors (Lipinski definition) is 4. The van der Waals surface area contributed by atoms with Gasteiger partial charge in [-0.2, -0.15) is 0 Å². The number of carbonyl (C=O) groups is 1. The summed E-state index contributed by atoms with van der Waals surface area (Å²) in [6.45, 7) is 1.52. The van der Waals surface area contributed by atoms with Crippen molar-refractivity contribution < 1.29 is 23.4 Å². The number of fused-ring (bicyclic) bond motifs is 1. The van der Waals surface area contributed by atoms with E-state index in [1.165, 1.54) is 6.07 Å². The van der Waals surface area contributed by atoms with Crippen LogP contribution in [-0.4, -0.2) is 29.1 Å². The summed E-state index contributed by atoms with van der Waals surface area (Å²) in [5, 5.41) is 9.80. The predicted molar refractivity (Wildman–Crippen MR) is 115 cm³/mol. The van der Waals surface area contributed by atoms with Crippen LogP contribution in [0.2, 0.25) is 0 Å². The molecule has 3 aromatic carbocycles. The molecule has 1 saturated heterocycles. The molecule has 0 aliphatic carbocycles. The van der Waals surface area contributed by atoms with E-state index >= 15 is 0 Å². The molecule has 0 radical (unpaired) electrons. The molecule has 5 nitrogen and oxygen atoms in total. The molecule has 4 aromatic rings. The molecule has 0 amide bonds. The maximum Gasteiger partial charge on any atom is 0.309 e. The largest absolute Gasteiger partial charge is 0.481 e. The van der Waals surface area contributed by atoms with Gasteiger partial charge in [0.05, 0.1) is 11.5 Å². The fourth-order valence-electron chi connectivity index (χ4n) is 3.81. The predicted octanol–water partition coefficient (Wildman–Crippen LogP) is 5.55. The molecule has 0 spiro atoms. The van der Waals surface area contributed by atoms with Crippen LogP contribution in [0.5, 0.6) is 11.5 Å². The molecular formula is C25H20FNO4. The van der Waals surface area contributed by atoms with Gasteiger partial charge in [-0.1, -0.05) is 24.3 Å². The Kier molecular flexibility index (Phi) is 4.92. The lowest BCUT2D eigenvalue weighted by molar-refractivity contribution is -0.147. The quantitative estimate of drug-likeness (QED) is 0.446. The third-order valence-electron chi connectivity index (χ3n) is 5.48. The first-order valence-corrected chi connectivity index (χ1v) is 10.1. The van der Waals surface area contributed by atoms with Crippen LogP contribution in [0.3, 0.4) is 0 Å². The van der Waals surface area contributed by atoms with Crippen molar-refractivity contribution in [1.29, 1.82) is 0 Å². The average molecular weight is 417 g/mol. The van der Waals surface area contributed by atoms with Crippen molar-refractivity contribution in [3.63, 3.8) is 0 Å². The number of nitrogens with zero attached hydrogens (tertiary/aromatic N) is 1. The highest BCUT2D eigenvalue weighted by atomic mass is 19.1. The number of para-hydroxylation sites is 1. The molecule has 0 unspecified atom stereocenters. The van der Waals surface area contributed by atoms with E-state index in [0.29, 0.717) is 42.3 Å². The topological polar surface area (TPSA) is 62.9 Å². The van der Waals surface area contributed by atoms with Crippen molar-refractivity contribution in [2.75, 3.05) is 13.1 Å². The van der Waals surface area contributed by atoms with Gasteiger partial charge in [0.25, 0.3) is 0 Å². The van der Waals surface area contributed by atoms with Crippen molar-refractivity contribution in [1.82, 2.24) is 4.90 Å². The monoisotopic (exact) mass is 417 g/mol. The van der Waals surface area contributed by atoms with Gasteiger partial charge in [-0.15, -0.1) is 0 Å². The molecule has 0 bridgehead atoms. The zero-order valence-corrected chi connectivity index (χ0v) is 16.6. The lowest BCUT2D eigenvalue weighted by Crippen LogP contribution is -2.49. The van der Waals surface area contributed by atoms with Gasteiger partial charge >= 0.3 is 5.97 Å². The smallest absolute Gasteiger partial charge is 0.309 e. The maximum atomic E-state index is 14.8. The number of benzene rings is 3. The minimum Gasteiger partial charge on any atom is -0.481 e. The summed E-state index contributed by atoms with van der Waals surface area (Å²) >= 11 is 0. The lowest BCUT2D eigenvalue weighted by Gasteiger charge is -2.36. The van der Waals surface area contributed by atoms with E-state index in [4.69, 9.17) is 14.3 Å². The zero-order valence-electron chi connectivity index (χ0n) is 16.6. The highest BCUT2D eigenvalue weighted by molar-refractivity contribution is 5.84. The number of halogens is 1. The van der Waals surface area contributed by atoms with Crippen LogP contribution < -0.4 is 4.74 Å². The van der Waals surface area contributed by atoms with Crippen molar-refractivity contribution in [2.45, 2.75) is 6.54 Å². The van der Waals surface area contributed by atoms with Crippen molar-refractivity contribution in [2.24, 2.45) is 5.92 Å². The zero-order chi connectivity index (χ0) is 21.4. The molecule has 0 atom stereocenters. The first kappa shape index (κ1) is 19.3. The van der Waals surface area contributed by atoms with E-state index in [0.717, 1.165) is 16.7 Å². The van der Waals surface area contributed by atoms with Gasteiger partial charge in [-0.25, -0.2) is 4.39 Å². The average Bonchev–Trinajstić information content (AvgIpc) is 3.14. The van der Waals surface area contributed by atoms with Gasteiger partial charge in [-0.05, 0) is 54.1 Å². The molecule has 0 saturated carbocycles. The summed E-state index contributed by atoms with van der Waals surface area (Å²) in [4.78, 5) is 12.9. The molecule has 1 aliphatic rings. The van der Waals surface area contributed by atoms with Crippen molar-refractivity contribution >= 4 is 16.9 Å². The van der Waals surface area contributed by atoms with Gasteiger partial charge < -0.3 is 14.3 Å². The molecule has 156 valence electrons. The van der Waals surface area contributed by atoms with Gasteiger partial charge in [0.2, 0.25) is 0 Å². The Hall–Kier alpha value is -3.64. The lowest BCUT2D eigenvalue weighted by atomic mass is 9.99. The Bertz CT molecular complexity index is 1250. The third kappa shape index (κ3) is 4.02.